The second-order valence-corrected chi connectivity index (χ2v) is 5.38. The second kappa shape index (κ2) is 6.01. The number of anilines is 1. The molecule has 1 aromatic carbocycles. The molecule has 0 spiro atoms. The van der Waals surface area contributed by atoms with E-state index in [1.54, 1.807) is 0 Å². The summed E-state index contributed by atoms with van der Waals surface area (Å²) in [6.45, 7) is 0.850. The summed E-state index contributed by atoms with van der Waals surface area (Å²) >= 11 is 3.57. The van der Waals surface area contributed by atoms with Crippen LogP contribution in [-0.4, -0.2) is 16.5 Å². The fourth-order valence-electron chi connectivity index (χ4n) is 2.18. The predicted molar refractivity (Wildman–Crippen MR) is 85.9 cm³/mol. The zero-order valence-corrected chi connectivity index (χ0v) is 12.5. The number of nitrogens with zero attached hydrogens (tertiary/aromatic N) is 2. The monoisotopic (exact) mass is 327 g/mol. The molecule has 0 aliphatic carbocycles. The van der Waals surface area contributed by atoms with Crippen LogP contribution in [0.15, 0.2) is 59.5 Å². The van der Waals surface area contributed by atoms with Crippen molar-refractivity contribution in [1.29, 1.82) is 0 Å². The molecule has 0 aliphatic heterocycles. The maximum atomic E-state index is 4.43. The first-order chi connectivity index (χ1) is 9.84. The third-order valence-electron chi connectivity index (χ3n) is 3.21. The second-order valence-electron chi connectivity index (χ2n) is 4.53. The van der Waals surface area contributed by atoms with Gasteiger partial charge in [-0.2, -0.15) is 0 Å². The molecule has 0 radical (unpaired) electrons. The van der Waals surface area contributed by atoms with Crippen molar-refractivity contribution in [2.45, 2.75) is 6.42 Å². The van der Waals surface area contributed by atoms with Crippen LogP contribution < -0.4 is 5.32 Å². The summed E-state index contributed by atoms with van der Waals surface area (Å²) in [6, 6.07) is 12.3. The molecule has 0 bridgehead atoms. The van der Waals surface area contributed by atoms with Crippen LogP contribution in [0.2, 0.25) is 0 Å². The molecule has 2 aromatic heterocycles. The van der Waals surface area contributed by atoms with Gasteiger partial charge in [-0.1, -0.05) is 28.1 Å². The summed E-state index contributed by atoms with van der Waals surface area (Å²) in [4.78, 5) is 8.46. The summed E-state index contributed by atoms with van der Waals surface area (Å²) in [7, 11) is 0. The molecule has 3 nitrogen and oxygen atoms in total. The van der Waals surface area contributed by atoms with E-state index >= 15 is 0 Å². The van der Waals surface area contributed by atoms with E-state index in [-0.39, 0.29) is 0 Å². The molecule has 0 unspecified atom stereocenters. The molecule has 0 fully saturated rings. The maximum Gasteiger partial charge on any atom is 0.133 e. The Bertz CT molecular complexity index is 713. The molecule has 3 aromatic rings. The van der Waals surface area contributed by atoms with Crippen molar-refractivity contribution in [3.05, 3.63) is 65.0 Å². The number of fused-ring (bicyclic) bond motifs is 1. The molecule has 2 heterocycles. The van der Waals surface area contributed by atoms with Crippen molar-refractivity contribution in [2.75, 3.05) is 11.9 Å². The van der Waals surface area contributed by atoms with Gasteiger partial charge in [-0.15, -0.1) is 0 Å². The fraction of sp³-hybridized carbons (Fsp3) is 0.125. The highest BCUT2D eigenvalue weighted by atomic mass is 79.9. The summed E-state index contributed by atoms with van der Waals surface area (Å²) in [5, 5.41) is 5.72. The van der Waals surface area contributed by atoms with E-state index in [0.29, 0.717) is 0 Å². The quantitative estimate of drug-likeness (QED) is 0.785. The van der Waals surface area contributed by atoms with Gasteiger partial charge in [0, 0.05) is 40.4 Å². The Morgan fingerprint density at radius 2 is 1.80 bits per heavy atom. The lowest BCUT2D eigenvalue weighted by atomic mass is 10.1. The van der Waals surface area contributed by atoms with Gasteiger partial charge in [0.15, 0.2) is 0 Å². The van der Waals surface area contributed by atoms with Gasteiger partial charge in [0.25, 0.3) is 0 Å². The topological polar surface area (TPSA) is 37.8 Å². The van der Waals surface area contributed by atoms with Crippen LogP contribution in [0.4, 0.5) is 5.82 Å². The summed E-state index contributed by atoms with van der Waals surface area (Å²) < 4.78 is 1.09. The molecule has 0 saturated carbocycles. The van der Waals surface area contributed by atoms with Crippen LogP contribution in [0.1, 0.15) is 5.56 Å². The maximum absolute atomic E-state index is 4.43. The van der Waals surface area contributed by atoms with Gasteiger partial charge < -0.3 is 5.32 Å². The molecule has 100 valence electrons. The van der Waals surface area contributed by atoms with E-state index in [0.717, 1.165) is 28.6 Å². The first-order valence-corrected chi connectivity index (χ1v) is 7.30. The van der Waals surface area contributed by atoms with Gasteiger partial charge in [0.1, 0.15) is 5.82 Å². The van der Waals surface area contributed by atoms with Crippen LogP contribution in [0.25, 0.3) is 10.8 Å². The first-order valence-electron chi connectivity index (χ1n) is 6.50. The minimum Gasteiger partial charge on any atom is -0.369 e. The standard InChI is InChI=1S/C16H14BrN3/c17-15-3-1-2-14-13(15)7-11-20-16(14)19-10-6-12-4-8-18-9-5-12/h1-5,7-9,11H,6,10H2,(H,19,20). The normalized spacial score (nSPS) is 10.7. The van der Waals surface area contributed by atoms with E-state index in [4.69, 9.17) is 0 Å². The highest BCUT2D eigenvalue weighted by Crippen LogP contribution is 2.27. The fourth-order valence-corrected chi connectivity index (χ4v) is 2.68. The van der Waals surface area contributed by atoms with Crippen molar-refractivity contribution in [3.8, 4) is 0 Å². The van der Waals surface area contributed by atoms with Crippen molar-refractivity contribution >= 4 is 32.5 Å². The van der Waals surface area contributed by atoms with Gasteiger partial charge >= 0.3 is 0 Å². The summed E-state index contributed by atoms with van der Waals surface area (Å²) in [5.74, 6) is 0.929. The minimum absolute atomic E-state index is 0.850. The Morgan fingerprint density at radius 1 is 0.950 bits per heavy atom. The van der Waals surface area contributed by atoms with E-state index in [9.17, 15) is 0 Å². The number of hydrogen-bond donors (Lipinski definition) is 1. The predicted octanol–water partition coefficient (Wildman–Crippen LogP) is 4.05. The SMILES string of the molecule is Brc1cccc2c(NCCc3ccncc3)nccc12. The molecule has 1 N–H and O–H groups in total. The molecule has 3 rings (SSSR count). The Labute approximate surface area is 126 Å². The van der Waals surface area contributed by atoms with Crippen molar-refractivity contribution < 1.29 is 0 Å². The van der Waals surface area contributed by atoms with E-state index in [1.165, 1.54) is 10.9 Å². The Hall–Kier alpha value is -1.94. The summed E-state index contributed by atoms with van der Waals surface area (Å²) in [6.07, 6.45) is 6.43. The van der Waals surface area contributed by atoms with Gasteiger partial charge in [-0.3, -0.25) is 4.98 Å². The summed E-state index contributed by atoms with van der Waals surface area (Å²) in [5.41, 5.74) is 1.27. The van der Waals surface area contributed by atoms with Crippen molar-refractivity contribution in [2.24, 2.45) is 0 Å². The van der Waals surface area contributed by atoms with Crippen LogP contribution in [-0.2, 0) is 6.42 Å². The minimum atomic E-state index is 0.850. The van der Waals surface area contributed by atoms with Crippen LogP contribution in [0, 0.1) is 0 Å². The lowest BCUT2D eigenvalue weighted by Crippen LogP contribution is -2.06. The van der Waals surface area contributed by atoms with E-state index in [2.05, 4.69) is 37.3 Å². The Morgan fingerprint density at radius 3 is 2.65 bits per heavy atom. The molecule has 0 atom stereocenters. The number of halogens is 1. The molecule has 0 saturated heterocycles. The molecule has 0 aliphatic rings. The number of rotatable bonds is 4. The Balaban J connectivity index is 1.76. The van der Waals surface area contributed by atoms with Crippen LogP contribution in [0.3, 0.4) is 0 Å². The number of aromatic nitrogens is 2. The van der Waals surface area contributed by atoms with Crippen molar-refractivity contribution in [1.82, 2.24) is 9.97 Å². The molecule has 20 heavy (non-hydrogen) atoms. The van der Waals surface area contributed by atoms with Crippen molar-refractivity contribution in [3.63, 3.8) is 0 Å². The zero-order valence-electron chi connectivity index (χ0n) is 10.9. The average molecular weight is 328 g/mol. The number of pyridine rings is 2. The number of nitrogens with one attached hydrogen (secondary N) is 1. The van der Waals surface area contributed by atoms with E-state index in [1.807, 2.05) is 48.9 Å². The smallest absolute Gasteiger partial charge is 0.133 e. The number of benzene rings is 1. The lowest BCUT2D eigenvalue weighted by Gasteiger charge is -2.09. The third kappa shape index (κ3) is 2.80. The van der Waals surface area contributed by atoms with Crippen LogP contribution in [0.5, 0.6) is 0 Å². The van der Waals surface area contributed by atoms with Gasteiger partial charge in [0.05, 0.1) is 0 Å². The van der Waals surface area contributed by atoms with E-state index < -0.39 is 0 Å². The highest BCUT2D eigenvalue weighted by Gasteiger charge is 2.04. The molecular weight excluding hydrogens is 314 g/mol. The third-order valence-corrected chi connectivity index (χ3v) is 3.90. The molecule has 0 amide bonds. The zero-order chi connectivity index (χ0) is 13.8. The number of hydrogen-bond acceptors (Lipinski definition) is 3. The largest absolute Gasteiger partial charge is 0.369 e. The molecular formula is C16H14BrN3. The van der Waals surface area contributed by atoms with Gasteiger partial charge in [-0.05, 0) is 36.2 Å². The van der Waals surface area contributed by atoms with Gasteiger partial charge in [0.2, 0.25) is 0 Å². The Kier molecular flexibility index (Phi) is 3.92. The molecule has 4 heteroatoms. The lowest BCUT2D eigenvalue weighted by molar-refractivity contribution is 1.00. The average Bonchev–Trinajstić information content (AvgIpc) is 2.49. The first kappa shape index (κ1) is 13.1. The highest BCUT2D eigenvalue weighted by molar-refractivity contribution is 9.10. The van der Waals surface area contributed by atoms with Crippen LogP contribution >= 0.6 is 15.9 Å². The van der Waals surface area contributed by atoms with Gasteiger partial charge in [-0.25, -0.2) is 4.98 Å².